The van der Waals surface area contributed by atoms with Gasteiger partial charge in [-0.05, 0) is 75.7 Å². The fourth-order valence-electron chi connectivity index (χ4n) is 5.64. The van der Waals surface area contributed by atoms with Gasteiger partial charge in [-0.25, -0.2) is 9.07 Å². The maximum atomic E-state index is 15.1. The lowest BCUT2D eigenvalue weighted by molar-refractivity contribution is -0.154. The molecule has 266 valence electrons. The molecule has 0 spiro atoms. The van der Waals surface area contributed by atoms with Gasteiger partial charge in [0.1, 0.15) is 22.4 Å². The summed E-state index contributed by atoms with van der Waals surface area (Å²) in [4.78, 5) is 29.1. The number of carbonyl (C=O) groups excluding carboxylic acids is 2. The van der Waals surface area contributed by atoms with Gasteiger partial charge in [-0.3, -0.25) is 14.5 Å². The minimum Gasteiger partial charge on any atom is -0.598 e. The molecule has 50 heavy (non-hydrogen) atoms. The zero-order valence-electron chi connectivity index (χ0n) is 27.1. The van der Waals surface area contributed by atoms with Crippen LogP contribution in [0.4, 0.5) is 36.6 Å². The number of halogens is 7. The van der Waals surface area contributed by atoms with Gasteiger partial charge in [-0.15, -0.1) is 4.72 Å². The van der Waals surface area contributed by atoms with E-state index < -0.39 is 80.9 Å². The van der Waals surface area contributed by atoms with Crippen molar-refractivity contribution in [3.05, 3.63) is 113 Å². The van der Waals surface area contributed by atoms with Crippen LogP contribution in [-0.4, -0.2) is 49.7 Å². The molecule has 1 aromatic heterocycles. The largest absolute Gasteiger partial charge is 0.598 e. The Hall–Kier alpha value is -4.41. The third-order valence-electron chi connectivity index (χ3n) is 8.02. The second-order valence-corrected chi connectivity index (χ2v) is 14.5. The van der Waals surface area contributed by atoms with Crippen molar-refractivity contribution >= 4 is 29.0 Å². The highest BCUT2D eigenvalue weighted by atomic mass is 32.2. The molecule has 3 aromatic carbocycles. The Labute approximate surface area is 286 Å². The van der Waals surface area contributed by atoms with Crippen LogP contribution in [0.3, 0.4) is 0 Å². The van der Waals surface area contributed by atoms with Crippen molar-refractivity contribution in [3.63, 3.8) is 0 Å². The first-order valence-electron chi connectivity index (χ1n) is 15.3. The summed E-state index contributed by atoms with van der Waals surface area (Å²) in [6, 6.07) is 11.5. The SMILES string of the molecule is CCN1C(=O)[C@@H](NC(=O)c2cccc(C(F)(F)F)c2)[C@@H](c2ccc(F)cc2)c2c([C@H](N[S+]([O-])C(C)(C)C)C(F)(F)F)nn(-c3ccccc3)c21. The van der Waals surface area contributed by atoms with Crippen molar-refractivity contribution < 1.29 is 44.9 Å². The average Bonchev–Trinajstić information content (AvgIpc) is 3.42. The van der Waals surface area contributed by atoms with E-state index in [1.54, 1.807) is 37.3 Å². The number of likely N-dealkylation sites (N-methyl/N-ethyl adjacent to an activating group) is 1. The van der Waals surface area contributed by atoms with Gasteiger partial charge in [-0.1, -0.05) is 36.4 Å². The summed E-state index contributed by atoms with van der Waals surface area (Å²) >= 11 is -2.29. The number of fused-ring (bicyclic) bond motifs is 1. The van der Waals surface area contributed by atoms with Gasteiger partial charge < -0.3 is 9.87 Å². The molecule has 2 heterocycles. The Morgan fingerprint density at radius 3 is 2.16 bits per heavy atom. The first-order valence-corrected chi connectivity index (χ1v) is 16.5. The molecule has 16 heteroatoms. The lowest BCUT2D eigenvalue weighted by Crippen LogP contribution is -2.56. The number of hydrogen-bond acceptors (Lipinski definition) is 5. The van der Waals surface area contributed by atoms with Crippen LogP contribution in [0.2, 0.25) is 0 Å². The van der Waals surface area contributed by atoms with Crippen molar-refractivity contribution in [1.29, 1.82) is 0 Å². The molecule has 0 fully saturated rings. The molecule has 4 atom stereocenters. The van der Waals surface area contributed by atoms with Crippen LogP contribution in [0.25, 0.3) is 5.69 Å². The van der Waals surface area contributed by atoms with E-state index >= 15 is 13.2 Å². The molecule has 0 saturated heterocycles. The van der Waals surface area contributed by atoms with Crippen LogP contribution in [0.15, 0.2) is 78.9 Å². The van der Waals surface area contributed by atoms with Crippen molar-refractivity contribution in [2.24, 2.45) is 0 Å². The van der Waals surface area contributed by atoms with Gasteiger partial charge >= 0.3 is 12.4 Å². The number of anilines is 1. The second-order valence-electron chi connectivity index (χ2n) is 12.5. The lowest BCUT2D eigenvalue weighted by atomic mass is 9.80. The predicted octanol–water partition coefficient (Wildman–Crippen LogP) is 6.98. The summed E-state index contributed by atoms with van der Waals surface area (Å²) in [5.41, 5.74) is -2.11. The van der Waals surface area contributed by atoms with E-state index in [0.717, 1.165) is 39.9 Å². The molecule has 8 nitrogen and oxygen atoms in total. The van der Waals surface area contributed by atoms with Gasteiger partial charge in [-0.2, -0.15) is 31.4 Å². The summed E-state index contributed by atoms with van der Waals surface area (Å²) in [6.07, 6.45) is -9.90. The van der Waals surface area contributed by atoms with Crippen molar-refractivity contribution in [1.82, 2.24) is 19.8 Å². The number of nitrogens with zero attached hydrogens (tertiary/aromatic N) is 3. The number of alkyl halides is 6. The number of carbonyl (C=O) groups is 2. The monoisotopic (exact) mass is 723 g/mol. The predicted molar refractivity (Wildman–Crippen MR) is 172 cm³/mol. The minimum atomic E-state index is -5.10. The highest BCUT2D eigenvalue weighted by Crippen LogP contribution is 2.48. The van der Waals surface area contributed by atoms with Gasteiger partial charge in [0.15, 0.2) is 6.04 Å². The van der Waals surface area contributed by atoms with Crippen molar-refractivity contribution in [2.45, 2.75) is 62.8 Å². The van der Waals surface area contributed by atoms with Crippen LogP contribution >= 0.6 is 0 Å². The number of amides is 2. The molecule has 4 aromatic rings. The van der Waals surface area contributed by atoms with E-state index in [9.17, 15) is 31.7 Å². The Balaban J connectivity index is 1.79. The summed E-state index contributed by atoms with van der Waals surface area (Å²) in [6.45, 7) is 5.83. The molecule has 1 aliphatic rings. The molecule has 0 saturated carbocycles. The van der Waals surface area contributed by atoms with Crippen LogP contribution in [-0.2, 0) is 22.3 Å². The quantitative estimate of drug-likeness (QED) is 0.151. The normalized spacial score (nSPS) is 18.1. The first kappa shape index (κ1) is 36.9. The van der Waals surface area contributed by atoms with E-state index in [1.807, 2.05) is 0 Å². The maximum Gasteiger partial charge on any atom is 0.416 e. The van der Waals surface area contributed by atoms with E-state index in [-0.39, 0.29) is 29.2 Å². The van der Waals surface area contributed by atoms with Crippen molar-refractivity contribution in [2.75, 3.05) is 11.4 Å². The molecule has 2 N–H and O–H groups in total. The number of rotatable bonds is 8. The van der Waals surface area contributed by atoms with E-state index in [0.29, 0.717) is 6.07 Å². The molecule has 1 unspecified atom stereocenters. The third-order valence-corrected chi connectivity index (χ3v) is 9.59. The highest BCUT2D eigenvalue weighted by molar-refractivity contribution is 7.90. The summed E-state index contributed by atoms with van der Waals surface area (Å²) in [5.74, 6) is -4.19. The van der Waals surface area contributed by atoms with E-state index in [2.05, 4.69) is 15.1 Å². The topological polar surface area (TPSA) is 102 Å². The van der Waals surface area contributed by atoms with Crippen LogP contribution < -0.4 is 14.9 Å². The molecular formula is C34H32F7N5O3S. The fourth-order valence-corrected chi connectivity index (χ4v) is 6.46. The zero-order chi connectivity index (χ0) is 36.8. The maximum absolute atomic E-state index is 15.1. The number of benzene rings is 3. The molecule has 0 bridgehead atoms. The Bertz CT molecular complexity index is 1860. The molecule has 0 aliphatic carbocycles. The van der Waals surface area contributed by atoms with Gasteiger partial charge in [0.05, 0.1) is 16.9 Å². The van der Waals surface area contributed by atoms with E-state index in [4.69, 9.17) is 0 Å². The highest BCUT2D eigenvalue weighted by Gasteiger charge is 2.53. The van der Waals surface area contributed by atoms with Crippen LogP contribution in [0.5, 0.6) is 0 Å². The molecule has 1 aliphatic heterocycles. The summed E-state index contributed by atoms with van der Waals surface area (Å²) < 4.78 is 115. The van der Waals surface area contributed by atoms with Crippen LogP contribution in [0.1, 0.15) is 72.4 Å². The molecule has 5 rings (SSSR count). The van der Waals surface area contributed by atoms with Crippen LogP contribution in [0, 0.1) is 5.82 Å². The molecular weight excluding hydrogens is 691 g/mol. The van der Waals surface area contributed by atoms with Gasteiger partial charge in [0.25, 0.3) is 11.8 Å². The summed E-state index contributed by atoms with van der Waals surface area (Å²) in [7, 11) is 0. The second kappa shape index (κ2) is 13.7. The Morgan fingerprint density at radius 2 is 1.60 bits per heavy atom. The van der Waals surface area contributed by atoms with Gasteiger partial charge in [0, 0.05) is 35.0 Å². The number of nitrogens with one attached hydrogen (secondary N) is 2. The van der Waals surface area contributed by atoms with Gasteiger partial charge in [0.2, 0.25) is 0 Å². The molecule has 2 amide bonds. The smallest absolute Gasteiger partial charge is 0.416 e. The standard InChI is InChI=1S/C34H32F7N5O3S/c1-5-45-30-25(26(43-46(30)23-12-7-6-8-13-23)28(34(39,40)41)44-50(49)32(2,3)4)24(19-14-16-22(35)17-15-19)27(31(45)48)42-29(47)20-10-9-11-21(18-20)33(36,37)38/h6-18,24,27-28,44H,5H2,1-4H3,(H,42,47)/t24-,27-,28-,50?/m0/s1. The van der Waals surface area contributed by atoms with E-state index in [1.165, 1.54) is 32.9 Å². The lowest BCUT2D eigenvalue weighted by Gasteiger charge is -2.39. The zero-order valence-corrected chi connectivity index (χ0v) is 27.9. The summed E-state index contributed by atoms with van der Waals surface area (Å²) in [5, 5.41) is 6.86. The third kappa shape index (κ3) is 7.37. The Morgan fingerprint density at radius 1 is 0.960 bits per heavy atom. The molecule has 0 radical (unpaired) electrons. The number of hydrogen-bond donors (Lipinski definition) is 2. The fraction of sp³-hybridized carbons (Fsp3) is 0.324. The first-order chi connectivity index (χ1) is 23.3. The Kier molecular flexibility index (Phi) is 10.1. The average molecular weight is 724 g/mol. The number of aromatic nitrogens is 2. The number of para-hydroxylation sites is 1. The van der Waals surface area contributed by atoms with Crippen molar-refractivity contribution in [3.8, 4) is 5.69 Å². The minimum absolute atomic E-state index is 0.0878.